The van der Waals surface area contributed by atoms with Gasteiger partial charge in [0.1, 0.15) is 11.6 Å². The molecule has 8 heteroatoms. The maximum Gasteiger partial charge on any atom is 0.243 e. The molecule has 1 saturated heterocycles. The molecule has 156 valence electrons. The third-order valence-corrected chi connectivity index (χ3v) is 6.64. The molecule has 1 amide bonds. The number of halogens is 1. The van der Waals surface area contributed by atoms with E-state index in [1.807, 2.05) is 0 Å². The van der Waals surface area contributed by atoms with Crippen molar-refractivity contribution < 1.29 is 22.3 Å². The fourth-order valence-electron chi connectivity index (χ4n) is 3.13. The molecule has 1 aliphatic rings. The largest absolute Gasteiger partial charge is 0.493 e. The Bertz CT molecular complexity index is 926. The minimum atomic E-state index is -3.42. The molecule has 0 saturated carbocycles. The lowest BCUT2D eigenvalue weighted by Gasteiger charge is -2.15. The van der Waals surface area contributed by atoms with Crippen LogP contribution in [0.25, 0.3) is 0 Å². The van der Waals surface area contributed by atoms with Gasteiger partial charge in [-0.15, -0.1) is 0 Å². The lowest BCUT2D eigenvalue weighted by molar-refractivity contribution is -0.121. The van der Waals surface area contributed by atoms with Gasteiger partial charge in [0.05, 0.1) is 11.5 Å². The van der Waals surface area contributed by atoms with E-state index >= 15 is 0 Å². The zero-order valence-corrected chi connectivity index (χ0v) is 17.0. The first-order valence-corrected chi connectivity index (χ1v) is 11.1. The standard InChI is InChI=1S/C21H25FN2O4S/c22-18-5-3-6-19(15-18)28-14-4-7-21(25)23-16-17-8-10-20(11-9-17)29(26,27)24-12-1-2-13-24/h3,5-6,8-11,15H,1-2,4,7,12-14,16H2,(H,23,25). The Kier molecular flexibility index (Phi) is 7.22. The number of nitrogens with one attached hydrogen (secondary N) is 1. The average molecular weight is 421 g/mol. The van der Waals surface area contributed by atoms with Crippen LogP contribution in [-0.2, 0) is 21.4 Å². The molecule has 3 rings (SSSR count). The van der Waals surface area contributed by atoms with E-state index in [-0.39, 0.29) is 23.0 Å². The van der Waals surface area contributed by atoms with Crippen LogP contribution in [0, 0.1) is 5.82 Å². The van der Waals surface area contributed by atoms with E-state index in [1.165, 1.54) is 16.4 Å². The van der Waals surface area contributed by atoms with E-state index in [4.69, 9.17) is 4.74 Å². The summed E-state index contributed by atoms with van der Waals surface area (Å²) >= 11 is 0. The number of rotatable bonds is 9. The number of carbonyl (C=O) groups excluding carboxylic acids is 1. The second-order valence-corrected chi connectivity index (χ2v) is 8.88. The molecule has 2 aromatic rings. The van der Waals surface area contributed by atoms with Gasteiger partial charge in [-0.25, -0.2) is 12.8 Å². The minimum absolute atomic E-state index is 0.124. The van der Waals surface area contributed by atoms with Crippen molar-refractivity contribution in [3.05, 3.63) is 59.9 Å². The van der Waals surface area contributed by atoms with Crippen LogP contribution in [0.4, 0.5) is 4.39 Å². The number of nitrogens with zero attached hydrogens (tertiary/aromatic N) is 1. The molecule has 0 aliphatic carbocycles. The summed E-state index contributed by atoms with van der Waals surface area (Å²) in [6, 6.07) is 12.5. The van der Waals surface area contributed by atoms with Crippen molar-refractivity contribution in [3.8, 4) is 5.75 Å². The average Bonchev–Trinajstić information content (AvgIpc) is 3.26. The van der Waals surface area contributed by atoms with Gasteiger partial charge in [-0.2, -0.15) is 4.31 Å². The minimum Gasteiger partial charge on any atom is -0.493 e. The molecular weight excluding hydrogens is 395 g/mol. The Morgan fingerprint density at radius 1 is 1.10 bits per heavy atom. The SMILES string of the molecule is O=C(CCCOc1cccc(F)c1)NCc1ccc(S(=O)(=O)N2CCCC2)cc1. The van der Waals surface area contributed by atoms with Crippen LogP contribution in [0.5, 0.6) is 5.75 Å². The van der Waals surface area contributed by atoms with Gasteiger partial charge in [-0.05, 0) is 49.1 Å². The topological polar surface area (TPSA) is 75.7 Å². The van der Waals surface area contributed by atoms with Gasteiger partial charge >= 0.3 is 0 Å². The van der Waals surface area contributed by atoms with Crippen LogP contribution in [0.1, 0.15) is 31.2 Å². The molecule has 0 unspecified atom stereocenters. The maximum absolute atomic E-state index is 13.1. The fraction of sp³-hybridized carbons (Fsp3) is 0.381. The summed E-state index contributed by atoms with van der Waals surface area (Å²) in [5, 5.41) is 2.81. The monoisotopic (exact) mass is 420 g/mol. The van der Waals surface area contributed by atoms with Gasteiger partial charge in [-0.3, -0.25) is 4.79 Å². The van der Waals surface area contributed by atoms with Gasteiger partial charge in [0.2, 0.25) is 15.9 Å². The second-order valence-electron chi connectivity index (χ2n) is 6.94. The Labute approximate surface area is 170 Å². The number of ether oxygens (including phenoxy) is 1. The highest BCUT2D eigenvalue weighted by atomic mass is 32.2. The molecule has 2 aromatic carbocycles. The van der Waals surface area contributed by atoms with Gasteiger partial charge < -0.3 is 10.1 Å². The highest BCUT2D eigenvalue weighted by Gasteiger charge is 2.26. The van der Waals surface area contributed by atoms with Crippen molar-refractivity contribution in [2.45, 2.75) is 37.1 Å². The van der Waals surface area contributed by atoms with Crippen LogP contribution >= 0.6 is 0 Å². The lowest BCUT2D eigenvalue weighted by atomic mass is 10.2. The van der Waals surface area contributed by atoms with Crippen molar-refractivity contribution in [2.75, 3.05) is 19.7 Å². The first kappa shape index (κ1) is 21.3. The zero-order valence-electron chi connectivity index (χ0n) is 16.1. The summed E-state index contributed by atoms with van der Waals surface area (Å²) < 4.78 is 45.0. The molecule has 6 nitrogen and oxygen atoms in total. The first-order valence-electron chi connectivity index (χ1n) is 9.69. The van der Waals surface area contributed by atoms with E-state index in [0.29, 0.717) is 38.4 Å². The highest BCUT2D eigenvalue weighted by molar-refractivity contribution is 7.89. The van der Waals surface area contributed by atoms with E-state index in [0.717, 1.165) is 18.4 Å². The molecule has 0 aromatic heterocycles. The van der Waals surface area contributed by atoms with Crippen molar-refractivity contribution in [2.24, 2.45) is 0 Å². The Hall–Kier alpha value is -2.45. The van der Waals surface area contributed by atoms with Crippen molar-refractivity contribution in [3.63, 3.8) is 0 Å². The van der Waals surface area contributed by atoms with Gasteiger partial charge in [0.15, 0.2) is 0 Å². The van der Waals surface area contributed by atoms with E-state index in [2.05, 4.69) is 5.32 Å². The van der Waals surface area contributed by atoms with Crippen LogP contribution in [0.2, 0.25) is 0 Å². The predicted molar refractivity (Wildman–Crippen MR) is 107 cm³/mol. The van der Waals surface area contributed by atoms with Crippen molar-refractivity contribution in [1.29, 1.82) is 0 Å². The maximum atomic E-state index is 13.1. The number of hydrogen-bond donors (Lipinski definition) is 1. The van der Waals surface area contributed by atoms with Crippen LogP contribution in [-0.4, -0.2) is 38.3 Å². The number of hydrogen-bond acceptors (Lipinski definition) is 4. The molecule has 0 spiro atoms. The summed E-state index contributed by atoms with van der Waals surface area (Å²) in [5.74, 6) is -0.0459. The number of sulfonamides is 1. The second kappa shape index (κ2) is 9.84. The van der Waals surface area contributed by atoms with E-state index < -0.39 is 10.0 Å². The molecule has 1 heterocycles. The summed E-state index contributed by atoms with van der Waals surface area (Å²) in [7, 11) is -3.42. The third kappa shape index (κ3) is 6.01. The Morgan fingerprint density at radius 3 is 2.52 bits per heavy atom. The first-order chi connectivity index (χ1) is 13.9. The lowest BCUT2D eigenvalue weighted by Crippen LogP contribution is -2.28. The Balaban J connectivity index is 1.39. The predicted octanol–water partition coefficient (Wildman–Crippen LogP) is 3.09. The van der Waals surface area contributed by atoms with Crippen LogP contribution in [0.15, 0.2) is 53.4 Å². The molecular formula is C21H25FN2O4S. The van der Waals surface area contributed by atoms with Gasteiger partial charge in [0, 0.05) is 32.1 Å². The van der Waals surface area contributed by atoms with Crippen molar-refractivity contribution >= 4 is 15.9 Å². The normalized spacial score (nSPS) is 14.7. The highest BCUT2D eigenvalue weighted by Crippen LogP contribution is 2.21. The van der Waals surface area contributed by atoms with E-state index in [1.54, 1.807) is 36.4 Å². The summed E-state index contributed by atoms with van der Waals surface area (Å²) in [5.41, 5.74) is 0.828. The van der Waals surface area contributed by atoms with Crippen LogP contribution < -0.4 is 10.1 Å². The zero-order chi connectivity index (χ0) is 20.7. The number of benzene rings is 2. The summed E-state index contributed by atoms with van der Waals surface area (Å²) in [6.07, 6.45) is 2.60. The van der Waals surface area contributed by atoms with Gasteiger partial charge in [0.25, 0.3) is 0 Å². The third-order valence-electron chi connectivity index (χ3n) is 4.73. The van der Waals surface area contributed by atoms with Crippen molar-refractivity contribution in [1.82, 2.24) is 9.62 Å². The molecule has 0 bridgehead atoms. The quantitative estimate of drug-likeness (QED) is 0.633. The smallest absolute Gasteiger partial charge is 0.243 e. The molecule has 0 atom stereocenters. The molecule has 29 heavy (non-hydrogen) atoms. The molecule has 1 fully saturated rings. The molecule has 0 radical (unpaired) electrons. The fourth-order valence-corrected chi connectivity index (χ4v) is 4.64. The van der Waals surface area contributed by atoms with Gasteiger partial charge in [-0.1, -0.05) is 18.2 Å². The number of amides is 1. The molecule has 1 aliphatic heterocycles. The summed E-state index contributed by atoms with van der Waals surface area (Å²) in [4.78, 5) is 12.2. The molecule has 1 N–H and O–H groups in total. The Morgan fingerprint density at radius 2 is 1.83 bits per heavy atom. The number of carbonyl (C=O) groups is 1. The van der Waals surface area contributed by atoms with Crippen LogP contribution in [0.3, 0.4) is 0 Å². The summed E-state index contributed by atoms with van der Waals surface area (Å²) in [6.45, 7) is 1.79. The van der Waals surface area contributed by atoms with E-state index in [9.17, 15) is 17.6 Å².